The number of hydrogen-bond donors (Lipinski definition) is 0. The third-order valence-electron chi connectivity index (χ3n) is 17.9. The molecule has 0 fully saturated rings. The van der Waals surface area contributed by atoms with E-state index in [0.717, 1.165) is 78.5 Å². The summed E-state index contributed by atoms with van der Waals surface area (Å²) in [4.78, 5) is 11.9. The molecule has 0 saturated carbocycles. The zero-order valence-corrected chi connectivity index (χ0v) is 83.4. The summed E-state index contributed by atoms with van der Waals surface area (Å²) in [5.41, 5.74) is -2.61. The van der Waals surface area contributed by atoms with Crippen molar-refractivity contribution in [3.05, 3.63) is 280 Å². The Bertz CT molecular complexity index is 3540. The molecule has 0 spiro atoms. The van der Waals surface area contributed by atoms with Gasteiger partial charge in [0.2, 0.25) is 0 Å². The van der Waals surface area contributed by atoms with Crippen LogP contribution in [-0.4, -0.2) is 186 Å². The summed E-state index contributed by atoms with van der Waals surface area (Å²) < 4.78 is 314. The standard InChI is InChI=1S/6C12H15F4N2.2C7H8.4Eu.2FH.2O/c6*1-3-18(4-2)6-5-17-12-10(15)8(13)7-9(14)11(12)16;2*1-7-5-3-2-4-6-7;;;;;;;;/h6*7H,3-6H2,1-2H3;2*2-6H,1H3;;;;;2*1H;;/q6*-1;;;4*+3;;;2*-2/p-2. The second-order valence-corrected chi connectivity index (χ2v) is 25.7. The molecule has 0 atom stereocenters. The van der Waals surface area contributed by atoms with Crippen LogP contribution < -0.4 is 9.41 Å². The van der Waals surface area contributed by atoms with Crippen molar-refractivity contribution in [2.45, 2.75) is 96.9 Å². The van der Waals surface area contributed by atoms with Crippen molar-refractivity contribution in [1.82, 2.24) is 29.4 Å². The van der Waals surface area contributed by atoms with Crippen LogP contribution in [0.3, 0.4) is 0 Å². The molecule has 0 amide bonds. The third-order valence-corrected chi connectivity index (χ3v) is 17.9. The largest absolute Gasteiger partial charge is 3.00 e. The molecule has 0 saturated heterocycles. The molecule has 732 valence electrons. The van der Waals surface area contributed by atoms with E-state index < -0.39 is 174 Å². The van der Waals surface area contributed by atoms with Crippen LogP contribution >= 0.6 is 0 Å². The molecule has 14 nitrogen and oxygen atoms in total. The average molecular weight is 2440 g/mol. The quantitative estimate of drug-likeness (QED) is 0.0281. The van der Waals surface area contributed by atoms with Crippen LogP contribution in [0.1, 0.15) is 94.2 Å². The molecule has 0 unspecified atom stereocenters. The molecular formula is C86H106Eu4F26N12O2. The summed E-state index contributed by atoms with van der Waals surface area (Å²) in [5.74, 6) is -34.6. The Balaban J connectivity index is -0.000000219. The van der Waals surface area contributed by atoms with Crippen molar-refractivity contribution in [2.24, 2.45) is 0 Å². The van der Waals surface area contributed by atoms with Gasteiger partial charge in [0.25, 0.3) is 0 Å². The van der Waals surface area contributed by atoms with Crippen LogP contribution in [0, 0.1) is 351 Å². The molecule has 8 aromatic rings. The van der Waals surface area contributed by atoms with Crippen LogP contribution in [0.25, 0.3) is 31.9 Å². The van der Waals surface area contributed by atoms with Gasteiger partial charge in [0.05, 0.1) is 0 Å². The number of halogens is 26. The molecule has 0 aliphatic rings. The van der Waals surface area contributed by atoms with Crippen LogP contribution in [0.15, 0.2) is 97.1 Å². The Labute approximate surface area is 908 Å². The maximum absolute atomic E-state index is 13.2. The summed E-state index contributed by atoms with van der Waals surface area (Å²) >= 11 is 0. The predicted octanol–water partition coefficient (Wildman–Crippen LogP) is 19.3. The van der Waals surface area contributed by atoms with Gasteiger partial charge >= 0.3 is 198 Å². The minimum Gasteiger partial charge on any atom is -2.00 e. The summed E-state index contributed by atoms with van der Waals surface area (Å²) in [6.07, 6.45) is 0. The van der Waals surface area contributed by atoms with E-state index >= 15 is 0 Å². The van der Waals surface area contributed by atoms with Gasteiger partial charge in [-0.25, -0.2) is 105 Å². The molecule has 0 N–H and O–H groups in total. The van der Waals surface area contributed by atoms with E-state index in [2.05, 4.69) is 70.0 Å². The number of hydrogen-bond acceptors (Lipinski definition) is 6. The van der Waals surface area contributed by atoms with Gasteiger partial charge in [0.1, 0.15) is 69.8 Å². The smallest absolute Gasteiger partial charge is 2.00 e. The Morgan fingerprint density at radius 3 is 0.369 bits per heavy atom. The van der Waals surface area contributed by atoms with E-state index in [9.17, 15) is 105 Å². The second-order valence-electron chi connectivity index (χ2n) is 25.7. The molecule has 0 radical (unpaired) electrons. The number of rotatable bonds is 36. The van der Waals surface area contributed by atoms with Gasteiger partial charge in [-0.2, -0.15) is 0 Å². The zero-order chi connectivity index (χ0) is 92.5. The molecular weight excluding hydrogens is 2330 g/mol. The normalized spacial score (nSPS) is 10.1. The fourth-order valence-corrected chi connectivity index (χ4v) is 10.3. The minimum atomic E-state index is -1.45. The first-order chi connectivity index (χ1) is 57.8. The van der Waals surface area contributed by atoms with E-state index in [0.29, 0.717) is 39.3 Å². The van der Waals surface area contributed by atoms with Gasteiger partial charge in [-0.3, -0.25) is 0 Å². The molecule has 44 heteroatoms. The third kappa shape index (κ3) is 51.4. The van der Waals surface area contributed by atoms with Crippen LogP contribution in [0.5, 0.6) is 0 Å². The van der Waals surface area contributed by atoms with Gasteiger partial charge in [0, 0.05) is 36.4 Å². The van der Waals surface area contributed by atoms with E-state index in [4.69, 9.17) is 0 Å². The maximum Gasteiger partial charge on any atom is 3.00 e. The number of likely N-dealkylation sites (N-methyl/N-ethyl adjacent to an activating group) is 6. The molecule has 0 heterocycles. The van der Waals surface area contributed by atoms with Crippen molar-refractivity contribution in [2.75, 3.05) is 157 Å². The first-order valence-corrected chi connectivity index (χ1v) is 39.2. The first-order valence-electron chi connectivity index (χ1n) is 39.2. The van der Waals surface area contributed by atoms with E-state index in [1.165, 1.54) is 11.1 Å². The fourth-order valence-electron chi connectivity index (χ4n) is 10.3. The van der Waals surface area contributed by atoms with Crippen LogP contribution in [-0.2, 0) is 11.0 Å². The molecule has 0 aliphatic heterocycles. The fraction of sp³-hybridized carbons (Fsp3) is 0.442. The average Bonchev–Trinajstić information content (AvgIpc) is 0.855. The van der Waals surface area contributed by atoms with Crippen molar-refractivity contribution in [1.29, 1.82) is 0 Å². The van der Waals surface area contributed by atoms with Gasteiger partial charge in [-0.15, -0.1) is 39.3 Å². The Hall–Kier alpha value is -3.24. The van der Waals surface area contributed by atoms with Crippen LogP contribution in [0.2, 0.25) is 0 Å². The maximum atomic E-state index is 13.2. The Kier molecular flexibility index (Phi) is 87.1. The van der Waals surface area contributed by atoms with Crippen LogP contribution in [0.4, 0.5) is 139 Å². The molecule has 0 aliphatic carbocycles. The van der Waals surface area contributed by atoms with Crippen molar-refractivity contribution < 1.29 is 323 Å². The second kappa shape index (κ2) is 79.7. The van der Waals surface area contributed by atoms with E-state index in [1.54, 1.807) is 0 Å². The SMILES string of the molecule is CCN(CC)CC[N-]c1c(F)c(F)cc(F)c1F.CCN(CC)CC[N-]c1c(F)c(F)cc(F)c1F.CCN(CC)CC[N-]c1c(F)c(F)cc(F)c1F.CCN(CC)CC[N-]c1c(F)c(F)cc(F)c1F.CCN(CC)CC[N-]c1c(F)c(F)cc(F)c1F.CCN(CC)CC[N-]c1c(F)c(F)cc(F)c1F.Cc1ccccc1.Cc1ccccc1.[Eu+3].[Eu+3].[Eu+3].[Eu+3].[F-].[F-].[O-2].[O-2]. The van der Waals surface area contributed by atoms with E-state index in [1.807, 2.05) is 149 Å². The summed E-state index contributed by atoms with van der Waals surface area (Å²) in [5, 5.41) is 21.5. The van der Waals surface area contributed by atoms with Crippen molar-refractivity contribution in [3.63, 3.8) is 0 Å². The van der Waals surface area contributed by atoms with Crippen molar-refractivity contribution >= 4 is 34.1 Å². The summed E-state index contributed by atoms with van der Waals surface area (Å²) in [7, 11) is 0. The molecule has 0 aromatic heterocycles. The van der Waals surface area contributed by atoms with Gasteiger partial charge < -0.3 is 81.7 Å². The molecule has 0 bridgehead atoms. The monoisotopic (exact) mass is 2440 g/mol. The molecule has 8 rings (SSSR count). The Morgan fingerprint density at radius 2 is 0.292 bits per heavy atom. The Morgan fingerprint density at radius 1 is 0.192 bits per heavy atom. The predicted molar refractivity (Wildman–Crippen MR) is 435 cm³/mol. The molecule has 8 aromatic carbocycles. The number of benzene rings is 8. The summed E-state index contributed by atoms with van der Waals surface area (Å²) in [6, 6.07) is 21.6. The number of nitrogens with zero attached hydrogens (tertiary/aromatic N) is 12. The van der Waals surface area contributed by atoms with Gasteiger partial charge in [-0.1, -0.05) is 189 Å². The van der Waals surface area contributed by atoms with E-state index in [-0.39, 0.29) is 294 Å². The topological polar surface area (TPSA) is 161 Å². The molecule has 130 heavy (non-hydrogen) atoms. The number of aryl methyl sites for hydroxylation is 2. The minimum absolute atomic E-state index is 0. The van der Waals surface area contributed by atoms with Gasteiger partial charge in [-0.05, 0) is 132 Å². The first kappa shape index (κ1) is 142. The zero-order valence-electron chi connectivity index (χ0n) is 73.7. The van der Waals surface area contributed by atoms with Gasteiger partial charge in [0.15, 0.2) is 69.8 Å². The summed E-state index contributed by atoms with van der Waals surface area (Å²) in [6.45, 7) is 40.0. The van der Waals surface area contributed by atoms with Crippen molar-refractivity contribution in [3.8, 4) is 0 Å².